The Bertz CT molecular complexity index is 745. The van der Waals surface area contributed by atoms with E-state index in [1.165, 1.54) is 0 Å². The van der Waals surface area contributed by atoms with Crippen LogP contribution in [0, 0.1) is 0 Å². The minimum atomic E-state index is -0.594. The van der Waals surface area contributed by atoms with Gasteiger partial charge < -0.3 is 14.2 Å². The van der Waals surface area contributed by atoms with Gasteiger partial charge in [-0.3, -0.25) is 0 Å². The van der Waals surface area contributed by atoms with Crippen LogP contribution in [0.15, 0.2) is 48.7 Å². The molecule has 4 nitrogen and oxygen atoms in total. The monoisotopic (exact) mass is 282 g/mol. The van der Waals surface area contributed by atoms with Crippen LogP contribution in [0.2, 0.25) is 0 Å². The molecule has 0 radical (unpaired) electrons. The summed E-state index contributed by atoms with van der Waals surface area (Å²) in [6.07, 6.45) is 1.33. The fourth-order valence-electron chi connectivity index (χ4n) is 2.50. The van der Waals surface area contributed by atoms with Crippen molar-refractivity contribution >= 4 is 5.65 Å². The van der Waals surface area contributed by atoms with Gasteiger partial charge >= 0.3 is 0 Å². The molecule has 0 saturated carbocycles. The van der Waals surface area contributed by atoms with Crippen molar-refractivity contribution in [2.45, 2.75) is 20.0 Å². The van der Waals surface area contributed by atoms with E-state index in [1.807, 2.05) is 60.0 Å². The largest absolute Gasteiger partial charge is 0.494 e. The molecule has 1 unspecified atom stereocenters. The van der Waals surface area contributed by atoms with Gasteiger partial charge in [0, 0.05) is 11.8 Å². The molecule has 0 fully saturated rings. The summed E-state index contributed by atoms with van der Waals surface area (Å²) in [4.78, 5) is 4.64. The van der Waals surface area contributed by atoms with Crippen molar-refractivity contribution in [3.63, 3.8) is 0 Å². The highest BCUT2D eigenvalue weighted by Crippen LogP contribution is 2.30. The maximum absolute atomic E-state index is 10.1. The molecule has 0 saturated heterocycles. The maximum atomic E-state index is 10.1. The second-order valence-electron chi connectivity index (χ2n) is 4.91. The number of benzene rings is 1. The summed E-state index contributed by atoms with van der Waals surface area (Å²) in [7, 11) is 0. The average molecular weight is 282 g/mol. The number of hydrogen-bond acceptors (Lipinski definition) is 3. The van der Waals surface area contributed by atoms with Crippen LogP contribution in [-0.2, 0) is 0 Å². The van der Waals surface area contributed by atoms with Gasteiger partial charge in [0.1, 0.15) is 11.4 Å². The summed E-state index contributed by atoms with van der Waals surface area (Å²) in [5, 5.41) is 10.1. The molecular formula is C17H18N2O2. The zero-order chi connectivity index (χ0) is 14.8. The van der Waals surface area contributed by atoms with Gasteiger partial charge in [-0.15, -0.1) is 0 Å². The van der Waals surface area contributed by atoms with Gasteiger partial charge in [0.05, 0.1) is 24.1 Å². The van der Waals surface area contributed by atoms with Gasteiger partial charge in [0.2, 0.25) is 0 Å². The highest BCUT2D eigenvalue weighted by atomic mass is 16.5. The standard InChI is InChI=1S/C17H18N2O2/c1-3-21-14-9-7-13(8-10-14)16-17(12(2)20)19-11-5-4-6-15(19)18-16/h4-12,20H,3H2,1-2H3. The number of fused-ring (bicyclic) bond motifs is 1. The van der Waals surface area contributed by atoms with Crippen molar-refractivity contribution in [2.75, 3.05) is 6.61 Å². The predicted octanol–water partition coefficient (Wildman–Crippen LogP) is 3.45. The van der Waals surface area contributed by atoms with Crippen molar-refractivity contribution in [3.05, 3.63) is 54.4 Å². The summed E-state index contributed by atoms with van der Waals surface area (Å²) in [6.45, 7) is 4.36. The fourth-order valence-corrected chi connectivity index (χ4v) is 2.50. The summed E-state index contributed by atoms with van der Waals surface area (Å²) >= 11 is 0. The lowest BCUT2D eigenvalue weighted by Gasteiger charge is -2.08. The van der Waals surface area contributed by atoms with E-state index >= 15 is 0 Å². The highest BCUT2D eigenvalue weighted by Gasteiger charge is 2.17. The van der Waals surface area contributed by atoms with E-state index in [0.29, 0.717) is 6.61 Å². The summed E-state index contributed by atoms with van der Waals surface area (Å²) in [6, 6.07) is 13.6. The molecule has 4 heteroatoms. The number of aliphatic hydroxyl groups excluding tert-OH is 1. The van der Waals surface area contributed by atoms with Crippen LogP contribution < -0.4 is 4.74 Å². The minimum Gasteiger partial charge on any atom is -0.494 e. The first-order valence-electron chi connectivity index (χ1n) is 7.09. The van der Waals surface area contributed by atoms with Gasteiger partial charge in [-0.05, 0) is 50.2 Å². The third-order valence-corrected chi connectivity index (χ3v) is 3.40. The van der Waals surface area contributed by atoms with Crippen LogP contribution in [0.1, 0.15) is 25.6 Å². The molecule has 2 aromatic heterocycles. The Morgan fingerprint density at radius 3 is 2.62 bits per heavy atom. The van der Waals surface area contributed by atoms with Crippen LogP contribution in [0.4, 0.5) is 0 Å². The van der Waals surface area contributed by atoms with E-state index in [1.54, 1.807) is 6.92 Å². The Balaban J connectivity index is 2.12. The molecule has 21 heavy (non-hydrogen) atoms. The second-order valence-corrected chi connectivity index (χ2v) is 4.91. The van der Waals surface area contributed by atoms with Crippen LogP contribution >= 0.6 is 0 Å². The van der Waals surface area contributed by atoms with Crippen LogP contribution in [0.25, 0.3) is 16.9 Å². The van der Waals surface area contributed by atoms with E-state index in [2.05, 4.69) is 4.98 Å². The van der Waals surface area contributed by atoms with Gasteiger partial charge in [0.25, 0.3) is 0 Å². The zero-order valence-corrected chi connectivity index (χ0v) is 12.2. The number of imidazole rings is 1. The van der Waals surface area contributed by atoms with Gasteiger partial charge in [0.15, 0.2) is 0 Å². The summed E-state index contributed by atoms with van der Waals surface area (Å²) in [5.74, 6) is 0.837. The van der Waals surface area contributed by atoms with Gasteiger partial charge in [-0.2, -0.15) is 0 Å². The summed E-state index contributed by atoms with van der Waals surface area (Å²) in [5.41, 5.74) is 3.41. The number of hydrogen-bond donors (Lipinski definition) is 1. The third kappa shape index (κ3) is 2.50. The van der Waals surface area contributed by atoms with Gasteiger partial charge in [-0.25, -0.2) is 4.98 Å². The molecule has 0 aliphatic rings. The first kappa shape index (κ1) is 13.6. The van der Waals surface area contributed by atoms with E-state index in [-0.39, 0.29) is 0 Å². The van der Waals surface area contributed by atoms with E-state index in [0.717, 1.165) is 28.3 Å². The highest BCUT2D eigenvalue weighted by molar-refractivity contribution is 5.67. The number of nitrogens with zero attached hydrogens (tertiary/aromatic N) is 2. The van der Waals surface area contributed by atoms with E-state index in [9.17, 15) is 5.11 Å². The molecule has 1 N–H and O–H groups in total. The number of ether oxygens (including phenoxy) is 1. The number of aliphatic hydroxyl groups is 1. The molecule has 0 aliphatic carbocycles. The Morgan fingerprint density at radius 1 is 1.19 bits per heavy atom. The molecule has 1 aromatic carbocycles. The quantitative estimate of drug-likeness (QED) is 0.797. The van der Waals surface area contributed by atoms with Crippen molar-refractivity contribution in [1.29, 1.82) is 0 Å². The zero-order valence-electron chi connectivity index (χ0n) is 12.2. The lowest BCUT2D eigenvalue weighted by atomic mass is 10.1. The minimum absolute atomic E-state index is 0.594. The number of rotatable bonds is 4. The topological polar surface area (TPSA) is 46.8 Å². The number of aromatic nitrogens is 2. The first-order valence-corrected chi connectivity index (χ1v) is 7.09. The third-order valence-electron chi connectivity index (χ3n) is 3.40. The van der Waals surface area contributed by atoms with Crippen molar-refractivity contribution in [3.8, 4) is 17.0 Å². The molecule has 108 valence electrons. The van der Waals surface area contributed by atoms with Crippen molar-refractivity contribution < 1.29 is 9.84 Å². The Labute approximate surface area is 123 Å². The molecular weight excluding hydrogens is 264 g/mol. The number of pyridine rings is 1. The fraction of sp³-hybridized carbons (Fsp3) is 0.235. The molecule has 1 atom stereocenters. The average Bonchev–Trinajstić information content (AvgIpc) is 2.88. The Morgan fingerprint density at radius 2 is 1.95 bits per heavy atom. The predicted molar refractivity (Wildman–Crippen MR) is 82.4 cm³/mol. The molecule has 0 amide bonds. The molecule has 3 rings (SSSR count). The van der Waals surface area contributed by atoms with Gasteiger partial charge in [-0.1, -0.05) is 6.07 Å². The lowest BCUT2D eigenvalue weighted by molar-refractivity contribution is 0.194. The Kier molecular flexibility index (Phi) is 3.62. The second kappa shape index (κ2) is 5.58. The molecule has 2 heterocycles. The summed E-state index contributed by atoms with van der Waals surface area (Å²) < 4.78 is 7.39. The molecule has 0 bridgehead atoms. The maximum Gasteiger partial charge on any atom is 0.137 e. The molecule has 0 spiro atoms. The molecule has 0 aliphatic heterocycles. The van der Waals surface area contributed by atoms with Crippen LogP contribution in [0.5, 0.6) is 5.75 Å². The van der Waals surface area contributed by atoms with Crippen molar-refractivity contribution in [2.24, 2.45) is 0 Å². The smallest absolute Gasteiger partial charge is 0.137 e. The SMILES string of the molecule is CCOc1ccc(-c2nc3ccccn3c2C(C)O)cc1. The van der Waals surface area contributed by atoms with Crippen LogP contribution in [-0.4, -0.2) is 21.1 Å². The van der Waals surface area contributed by atoms with Crippen LogP contribution in [0.3, 0.4) is 0 Å². The van der Waals surface area contributed by atoms with Crippen molar-refractivity contribution in [1.82, 2.24) is 9.38 Å². The molecule has 3 aromatic rings. The Hall–Kier alpha value is -2.33. The normalized spacial score (nSPS) is 12.5. The van der Waals surface area contributed by atoms with E-state index in [4.69, 9.17) is 4.74 Å². The lowest BCUT2D eigenvalue weighted by Crippen LogP contribution is -1.99. The van der Waals surface area contributed by atoms with E-state index < -0.39 is 6.10 Å². The first-order chi connectivity index (χ1) is 10.2.